The van der Waals surface area contributed by atoms with Crippen molar-refractivity contribution in [3.8, 4) is 11.4 Å². The number of amides is 1. The van der Waals surface area contributed by atoms with Crippen LogP contribution in [-0.4, -0.2) is 31.6 Å². The molecule has 1 fully saturated rings. The monoisotopic (exact) mass is 450 g/mol. The van der Waals surface area contributed by atoms with Gasteiger partial charge in [-0.2, -0.15) is 0 Å². The summed E-state index contributed by atoms with van der Waals surface area (Å²) in [4.78, 5) is 30.6. The van der Waals surface area contributed by atoms with Crippen molar-refractivity contribution >= 4 is 17.4 Å². The van der Waals surface area contributed by atoms with E-state index in [-0.39, 0.29) is 22.7 Å². The lowest BCUT2D eigenvalue weighted by Crippen LogP contribution is -2.26. The number of halogens is 2. The van der Waals surface area contributed by atoms with Gasteiger partial charge in [0.25, 0.3) is 11.5 Å². The molecule has 1 aliphatic heterocycles. The number of anilines is 1. The van der Waals surface area contributed by atoms with Crippen LogP contribution < -0.4 is 16.2 Å². The highest BCUT2D eigenvalue weighted by Gasteiger charge is 2.30. The van der Waals surface area contributed by atoms with Gasteiger partial charge in [0.2, 0.25) is 0 Å². The van der Waals surface area contributed by atoms with Gasteiger partial charge in [-0.15, -0.1) is 5.10 Å². The van der Waals surface area contributed by atoms with E-state index in [1.165, 1.54) is 40.5 Å². The largest absolute Gasteiger partial charge is 0.366 e. The number of hydrogen-bond donors (Lipinski definition) is 1. The van der Waals surface area contributed by atoms with E-state index in [1.807, 2.05) is 4.90 Å². The first kappa shape index (κ1) is 20.8. The number of primary amides is 1. The smallest absolute Gasteiger partial charge is 0.250 e. The lowest BCUT2D eigenvalue weighted by molar-refractivity contribution is 0.1000. The van der Waals surface area contributed by atoms with E-state index in [2.05, 4.69) is 10.1 Å². The molecule has 1 amide bonds. The van der Waals surface area contributed by atoms with Crippen LogP contribution >= 0.6 is 0 Å². The molecule has 8 nitrogen and oxygen atoms in total. The summed E-state index contributed by atoms with van der Waals surface area (Å²) in [7, 11) is 1.54. The second kappa shape index (κ2) is 7.80. The molecule has 0 bridgehead atoms. The van der Waals surface area contributed by atoms with Crippen LogP contribution in [0.15, 0.2) is 53.5 Å². The molecular formula is C23H20F2N6O2. The first-order chi connectivity index (χ1) is 15.8. The van der Waals surface area contributed by atoms with Crippen LogP contribution in [0.2, 0.25) is 0 Å². The summed E-state index contributed by atoms with van der Waals surface area (Å²) >= 11 is 0. The Morgan fingerprint density at radius 1 is 1.15 bits per heavy atom. The normalized spacial score (nSPS) is 16.0. The third kappa shape index (κ3) is 3.43. The van der Waals surface area contributed by atoms with E-state index in [4.69, 9.17) is 5.73 Å². The molecule has 0 radical (unpaired) electrons. The van der Waals surface area contributed by atoms with Gasteiger partial charge in [-0.3, -0.25) is 9.59 Å². The van der Waals surface area contributed by atoms with E-state index in [1.54, 1.807) is 12.1 Å². The molecule has 1 unspecified atom stereocenters. The highest BCUT2D eigenvalue weighted by Crippen LogP contribution is 2.37. The Bertz CT molecular complexity index is 1460. The molecule has 0 saturated carbocycles. The molecule has 4 aromatic rings. The van der Waals surface area contributed by atoms with Gasteiger partial charge >= 0.3 is 0 Å². The third-order valence-electron chi connectivity index (χ3n) is 6.03. The zero-order chi connectivity index (χ0) is 23.3. The summed E-state index contributed by atoms with van der Waals surface area (Å²) in [6, 6.07) is 9.24. The van der Waals surface area contributed by atoms with Crippen molar-refractivity contribution in [2.24, 2.45) is 12.8 Å². The van der Waals surface area contributed by atoms with Gasteiger partial charge in [-0.1, -0.05) is 0 Å². The minimum Gasteiger partial charge on any atom is -0.366 e. The topological polar surface area (TPSA) is 98.5 Å². The fraction of sp³-hybridized carbons (Fsp3) is 0.217. The van der Waals surface area contributed by atoms with E-state index in [0.29, 0.717) is 35.8 Å². The van der Waals surface area contributed by atoms with Crippen LogP contribution in [0, 0.1) is 11.6 Å². The van der Waals surface area contributed by atoms with Gasteiger partial charge in [0.05, 0.1) is 23.5 Å². The predicted molar refractivity (Wildman–Crippen MR) is 118 cm³/mol. The van der Waals surface area contributed by atoms with Crippen molar-refractivity contribution in [3.63, 3.8) is 0 Å². The fourth-order valence-electron chi connectivity index (χ4n) is 4.46. The van der Waals surface area contributed by atoms with Crippen LogP contribution in [-0.2, 0) is 7.05 Å². The number of pyridine rings is 1. The Labute approximate surface area is 186 Å². The summed E-state index contributed by atoms with van der Waals surface area (Å²) < 4.78 is 31.2. The van der Waals surface area contributed by atoms with Gasteiger partial charge in [0, 0.05) is 25.2 Å². The predicted octanol–water partition coefficient (Wildman–Crippen LogP) is 2.81. The number of rotatable bonds is 4. The number of nitrogens with two attached hydrogens (primary N) is 1. The van der Waals surface area contributed by atoms with Crippen molar-refractivity contribution in [1.29, 1.82) is 0 Å². The van der Waals surface area contributed by atoms with Crippen molar-refractivity contribution in [1.82, 2.24) is 19.2 Å². The molecule has 10 heteroatoms. The zero-order valence-electron chi connectivity index (χ0n) is 17.7. The van der Waals surface area contributed by atoms with Gasteiger partial charge < -0.3 is 15.2 Å². The summed E-state index contributed by atoms with van der Waals surface area (Å²) in [5.74, 6) is -1.12. The van der Waals surface area contributed by atoms with E-state index in [9.17, 15) is 18.4 Å². The number of carbonyl (C=O) groups excluding carboxylic acids is 1. The maximum Gasteiger partial charge on any atom is 0.250 e. The molecule has 168 valence electrons. The average molecular weight is 450 g/mol. The van der Waals surface area contributed by atoms with Gasteiger partial charge in [-0.05, 0) is 49.2 Å². The van der Waals surface area contributed by atoms with Gasteiger partial charge in [0.15, 0.2) is 5.65 Å². The van der Waals surface area contributed by atoms with Gasteiger partial charge in [-0.25, -0.2) is 18.3 Å². The molecule has 3 aromatic heterocycles. The highest BCUT2D eigenvalue weighted by atomic mass is 19.1. The summed E-state index contributed by atoms with van der Waals surface area (Å²) in [6.45, 7) is 0.611. The molecule has 1 atom stereocenters. The molecule has 4 heterocycles. The number of benzene rings is 1. The Morgan fingerprint density at radius 3 is 2.76 bits per heavy atom. The van der Waals surface area contributed by atoms with E-state index < -0.39 is 17.5 Å². The highest BCUT2D eigenvalue weighted by molar-refractivity contribution is 5.98. The molecule has 1 aromatic carbocycles. The maximum atomic E-state index is 14.5. The fourth-order valence-corrected chi connectivity index (χ4v) is 4.46. The van der Waals surface area contributed by atoms with E-state index >= 15 is 0 Å². The second-order valence-electron chi connectivity index (χ2n) is 7.98. The maximum absolute atomic E-state index is 14.5. The first-order valence-corrected chi connectivity index (χ1v) is 10.4. The lowest BCUT2D eigenvalue weighted by Gasteiger charge is -2.26. The number of hydrogen-bond acceptors (Lipinski definition) is 5. The van der Waals surface area contributed by atoms with Crippen LogP contribution in [0.5, 0.6) is 0 Å². The molecule has 2 N–H and O–H groups in total. The molecular weight excluding hydrogens is 430 g/mol. The molecule has 0 aliphatic carbocycles. The van der Waals surface area contributed by atoms with Crippen LogP contribution in [0.4, 0.5) is 14.6 Å². The zero-order valence-corrected chi connectivity index (χ0v) is 17.7. The molecule has 1 saturated heterocycles. The minimum atomic E-state index is -0.687. The summed E-state index contributed by atoms with van der Waals surface area (Å²) in [6.07, 6.45) is 2.95. The Kier molecular flexibility index (Phi) is 4.92. The SMILES string of the molecule is Cn1c(-c2cnc3ccc(N4CCCC4c4cc(F)ccc4F)nn23)c(C(N)=O)ccc1=O. The average Bonchev–Trinajstić information content (AvgIpc) is 3.44. The number of imidazole rings is 1. The number of nitrogens with zero attached hydrogens (tertiary/aromatic N) is 5. The third-order valence-corrected chi connectivity index (χ3v) is 6.03. The number of carbonyl (C=O) groups is 1. The van der Waals surface area contributed by atoms with Crippen LogP contribution in [0.3, 0.4) is 0 Å². The number of fused-ring (bicyclic) bond motifs is 1. The number of aromatic nitrogens is 4. The van der Waals surface area contributed by atoms with Crippen molar-refractivity contribution in [3.05, 3.63) is 81.8 Å². The second-order valence-corrected chi connectivity index (χ2v) is 7.98. The van der Waals surface area contributed by atoms with Crippen molar-refractivity contribution in [2.75, 3.05) is 11.4 Å². The Hall–Kier alpha value is -4.08. The van der Waals surface area contributed by atoms with E-state index in [0.717, 1.165) is 18.6 Å². The van der Waals surface area contributed by atoms with Crippen LogP contribution in [0.25, 0.3) is 17.0 Å². The first-order valence-electron chi connectivity index (χ1n) is 10.4. The summed E-state index contributed by atoms with van der Waals surface area (Å²) in [5.41, 5.74) is 6.86. The molecule has 33 heavy (non-hydrogen) atoms. The molecule has 1 aliphatic rings. The van der Waals surface area contributed by atoms with Crippen molar-refractivity contribution in [2.45, 2.75) is 18.9 Å². The van der Waals surface area contributed by atoms with Crippen LogP contribution in [0.1, 0.15) is 34.8 Å². The standard InChI is InChI=1S/C23H20F2N6O2/c1-29-21(32)9-5-14(23(26)33)22(29)18-12-27-19-7-8-20(28-31(18)19)30-10-2-3-17(30)15-11-13(24)4-6-16(15)25/h4-9,11-12,17H,2-3,10H2,1H3,(H2,26,33). The lowest BCUT2D eigenvalue weighted by atomic mass is 10.0. The molecule has 5 rings (SSSR count). The minimum absolute atomic E-state index is 0.159. The summed E-state index contributed by atoms with van der Waals surface area (Å²) in [5, 5.41) is 4.69. The Morgan fingerprint density at radius 2 is 1.97 bits per heavy atom. The molecule has 0 spiro atoms. The quantitative estimate of drug-likeness (QED) is 0.516. The van der Waals surface area contributed by atoms with Gasteiger partial charge in [0.1, 0.15) is 23.1 Å². The van der Waals surface area contributed by atoms with Crippen molar-refractivity contribution < 1.29 is 13.6 Å². The Balaban J connectivity index is 1.65.